The van der Waals surface area contributed by atoms with Gasteiger partial charge in [-0.25, -0.2) is 13.6 Å². The summed E-state index contributed by atoms with van der Waals surface area (Å²) in [5, 5.41) is 5.04. The molecule has 0 fully saturated rings. The topological polar surface area (TPSA) is 112 Å². The van der Waals surface area contributed by atoms with E-state index >= 15 is 0 Å². The molecule has 0 unspecified atom stereocenters. The molecule has 2 aromatic rings. The Morgan fingerprint density at radius 2 is 1.39 bits per heavy atom. The van der Waals surface area contributed by atoms with Gasteiger partial charge in [-0.05, 0) is 35.4 Å². The van der Waals surface area contributed by atoms with Crippen LogP contribution in [-0.4, -0.2) is 8.42 Å². The van der Waals surface area contributed by atoms with Crippen LogP contribution in [0, 0.1) is 0 Å². The first-order chi connectivity index (χ1) is 8.38. The maximum Gasteiger partial charge on any atom is 0.240 e. The zero-order chi connectivity index (χ0) is 13.3. The van der Waals surface area contributed by atoms with Gasteiger partial charge in [-0.3, -0.25) is 0 Å². The minimum atomic E-state index is -3.78. The fourth-order valence-electron chi connectivity index (χ4n) is 1.66. The van der Waals surface area contributed by atoms with Crippen LogP contribution in [0.5, 0.6) is 0 Å². The van der Waals surface area contributed by atoms with Gasteiger partial charge in [0.2, 0.25) is 10.0 Å². The molecule has 0 spiro atoms. The molecule has 6 N–H and O–H groups in total. The highest BCUT2D eigenvalue weighted by Gasteiger charge is 2.12. The second-order valence-electron chi connectivity index (χ2n) is 3.92. The van der Waals surface area contributed by atoms with E-state index in [0.29, 0.717) is 5.69 Å². The van der Waals surface area contributed by atoms with Gasteiger partial charge in [0.15, 0.2) is 0 Å². The standard InChI is InChI=1S/C12H13N3O2S/c13-10-4-1-8(2-5-10)9-3-6-12(11(14)7-9)18(15,16)17/h1-7H,13-14H2,(H2,15,16,17). The number of sulfonamides is 1. The molecule has 0 aliphatic heterocycles. The van der Waals surface area contributed by atoms with Gasteiger partial charge in [0, 0.05) is 5.69 Å². The largest absolute Gasteiger partial charge is 0.399 e. The van der Waals surface area contributed by atoms with Crippen LogP contribution in [-0.2, 0) is 10.0 Å². The fraction of sp³-hybridized carbons (Fsp3) is 0. The van der Waals surface area contributed by atoms with Crippen LogP contribution >= 0.6 is 0 Å². The van der Waals surface area contributed by atoms with E-state index in [-0.39, 0.29) is 10.6 Å². The number of anilines is 2. The number of benzene rings is 2. The molecule has 94 valence electrons. The molecule has 2 aromatic carbocycles. The Kier molecular flexibility index (Phi) is 2.98. The summed E-state index contributed by atoms with van der Waals surface area (Å²) < 4.78 is 22.5. The van der Waals surface area contributed by atoms with Gasteiger partial charge in [0.05, 0.1) is 5.69 Å². The van der Waals surface area contributed by atoms with Crippen LogP contribution in [0.2, 0.25) is 0 Å². The van der Waals surface area contributed by atoms with Crippen LogP contribution in [0.15, 0.2) is 47.4 Å². The van der Waals surface area contributed by atoms with Gasteiger partial charge in [0.1, 0.15) is 4.90 Å². The highest BCUT2D eigenvalue weighted by Crippen LogP contribution is 2.26. The third kappa shape index (κ3) is 2.44. The van der Waals surface area contributed by atoms with E-state index in [4.69, 9.17) is 16.6 Å². The van der Waals surface area contributed by atoms with E-state index in [2.05, 4.69) is 0 Å². The molecule has 0 aliphatic rings. The van der Waals surface area contributed by atoms with Crippen LogP contribution in [0.3, 0.4) is 0 Å². The van der Waals surface area contributed by atoms with E-state index in [1.54, 1.807) is 24.3 Å². The molecule has 0 saturated heterocycles. The first-order valence-corrected chi connectivity index (χ1v) is 6.71. The second kappa shape index (κ2) is 4.32. The lowest BCUT2D eigenvalue weighted by molar-refractivity contribution is 0.598. The molecule has 0 radical (unpaired) electrons. The maximum absolute atomic E-state index is 11.2. The number of hydrogen-bond donors (Lipinski definition) is 3. The Hall–Kier alpha value is -2.05. The first kappa shape index (κ1) is 12.4. The minimum absolute atomic E-state index is 0.0679. The van der Waals surface area contributed by atoms with Gasteiger partial charge in [-0.15, -0.1) is 0 Å². The Morgan fingerprint density at radius 3 is 1.89 bits per heavy atom. The van der Waals surface area contributed by atoms with Crippen LogP contribution in [0.25, 0.3) is 11.1 Å². The molecule has 18 heavy (non-hydrogen) atoms. The van der Waals surface area contributed by atoms with Crippen LogP contribution in [0.1, 0.15) is 0 Å². The molecule has 0 aliphatic carbocycles. The Balaban J connectivity index is 2.50. The minimum Gasteiger partial charge on any atom is -0.399 e. The zero-order valence-electron chi connectivity index (χ0n) is 9.50. The van der Waals surface area contributed by atoms with Crippen molar-refractivity contribution < 1.29 is 8.42 Å². The Morgan fingerprint density at radius 1 is 0.833 bits per heavy atom. The maximum atomic E-state index is 11.2. The van der Waals surface area contributed by atoms with Crippen molar-refractivity contribution in [3.8, 4) is 11.1 Å². The highest BCUT2D eigenvalue weighted by atomic mass is 32.2. The molecule has 0 bridgehead atoms. The van der Waals surface area contributed by atoms with Crippen molar-refractivity contribution >= 4 is 21.4 Å². The van der Waals surface area contributed by atoms with Crippen molar-refractivity contribution in [2.24, 2.45) is 5.14 Å². The number of hydrogen-bond acceptors (Lipinski definition) is 4. The summed E-state index contributed by atoms with van der Waals surface area (Å²) >= 11 is 0. The van der Waals surface area contributed by atoms with Crippen LogP contribution in [0.4, 0.5) is 11.4 Å². The number of primary sulfonamides is 1. The normalized spacial score (nSPS) is 11.4. The van der Waals surface area contributed by atoms with Gasteiger partial charge >= 0.3 is 0 Å². The van der Waals surface area contributed by atoms with E-state index < -0.39 is 10.0 Å². The molecule has 6 heteroatoms. The van der Waals surface area contributed by atoms with Gasteiger partial charge < -0.3 is 11.5 Å². The molecular formula is C12H13N3O2S. The summed E-state index contributed by atoms with van der Waals surface area (Å²) in [7, 11) is -3.78. The summed E-state index contributed by atoms with van der Waals surface area (Å²) in [6, 6.07) is 11.8. The molecule has 0 amide bonds. The highest BCUT2D eigenvalue weighted by molar-refractivity contribution is 7.89. The number of nitrogens with two attached hydrogens (primary N) is 3. The van der Waals surface area contributed by atoms with Crippen molar-refractivity contribution in [3.63, 3.8) is 0 Å². The lowest BCUT2D eigenvalue weighted by atomic mass is 10.0. The summed E-state index contributed by atoms with van der Waals surface area (Å²) in [4.78, 5) is -0.0679. The fourth-order valence-corrected chi connectivity index (χ4v) is 2.31. The number of rotatable bonds is 2. The first-order valence-electron chi connectivity index (χ1n) is 5.16. The molecule has 0 heterocycles. The molecule has 2 rings (SSSR count). The lowest BCUT2D eigenvalue weighted by Gasteiger charge is -2.07. The molecule has 0 atom stereocenters. The molecular weight excluding hydrogens is 250 g/mol. The third-order valence-corrected chi connectivity index (χ3v) is 3.55. The summed E-state index contributed by atoms with van der Waals surface area (Å²) in [5.74, 6) is 0. The monoisotopic (exact) mass is 263 g/mol. The van der Waals surface area contributed by atoms with Gasteiger partial charge in [0.25, 0.3) is 0 Å². The van der Waals surface area contributed by atoms with Crippen molar-refractivity contribution in [3.05, 3.63) is 42.5 Å². The van der Waals surface area contributed by atoms with Crippen LogP contribution < -0.4 is 16.6 Å². The average molecular weight is 263 g/mol. The summed E-state index contributed by atoms with van der Waals surface area (Å²) in [6.07, 6.45) is 0. The SMILES string of the molecule is Nc1ccc(-c2ccc(S(N)(=O)=O)c(N)c2)cc1. The quantitative estimate of drug-likeness (QED) is 0.706. The lowest BCUT2D eigenvalue weighted by Crippen LogP contribution is -2.14. The van der Waals surface area contributed by atoms with Crippen molar-refractivity contribution in [2.75, 3.05) is 11.5 Å². The van der Waals surface area contributed by atoms with E-state index in [0.717, 1.165) is 11.1 Å². The van der Waals surface area contributed by atoms with Gasteiger partial charge in [-0.1, -0.05) is 18.2 Å². The van der Waals surface area contributed by atoms with E-state index in [1.807, 2.05) is 12.1 Å². The molecule has 5 nitrogen and oxygen atoms in total. The predicted molar refractivity (Wildman–Crippen MR) is 72.1 cm³/mol. The Bertz CT molecular complexity index is 679. The molecule has 0 saturated carbocycles. The number of nitrogen functional groups attached to an aromatic ring is 2. The molecule has 0 aromatic heterocycles. The smallest absolute Gasteiger partial charge is 0.240 e. The van der Waals surface area contributed by atoms with E-state index in [9.17, 15) is 8.42 Å². The summed E-state index contributed by atoms with van der Waals surface area (Å²) in [6.45, 7) is 0. The zero-order valence-corrected chi connectivity index (χ0v) is 10.3. The second-order valence-corrected chi connectivity index (χ2v) is 5.45. The predicted octanol–water partition coefficient (Wildman–Crippen LogP) is 1.17. The summed E-state index contributed by atoms with van der Waals surface area (Å²) in [5.41, 5.74) is 13.8. The average Bonchev–Trinajstić information content (AvgIpc) is 2.28. The third-order valence-electron chi connectivity index (χ3n) is 2.56. The van der Waals surface area contributed by atoms with Crippen molar-refractivity contribution in [1.82, 2.24) is 0 Å². The Labute approximate surface area is 105 Å². The van der Waals surface area contributed by atoms with Gasteiger partial charge in [-0.2, -0.15) is 0 Å². The van der Waals surface area contributed by atoms with Crippen molar-refractivity contribution in [1.29, 1.82) is 0 Å². The van der Waals surface area contributed by atoms with Crippen molar-refractivity contribution in [2.45, 2.75) is 4.90 Å². The van der Waals surface area contributed by atoms with E-state index in [1.165, 1.54) is 6.07 Å².